The van der Waals surface area contributed by atoms with E-state index in [1.165, 1.54) is 12.0 Å². The van der Waals surface area contributed by atoms with Crippen LogP contribution in [0.3, 0.4) is 0 Å². The molecular weight excluding hydrogens is 236 g/mol. The molecular formula is C16H26N2O. The highest BCUT2D eigenvalue weighted by Crippen LogP contribution is 2.33. The molecule has 3 nitrogen and oxygen atoms in total. The zero-order chi connectivity index (χ0) is 13.7. The normalized spacial score (nSPS) is 23.4. The minimum atomic E-state index is 0.0122. The van der Waals surface area contributed by atoms with Gasteiger partial charge in [-0.05, 0) is 30.9 Å². The third kappa shape index (κ3) is 2.99. The zero-order valence-electron chi connectivity index (χ0n) is 12.1. The number of ether oxygens (including phenoxy) is 1. The lowest BCUT2D eigenvalue weighted by molar-refractivity contribution is 0.0257. The van der Waals surface area contributed by atoms with Gasteiger partial charge < -0.3 is 10.5 Å². The highest BCUT2D eigenvalue weighted by atomic mass is 16.5. The molecule has 106 valence electrons. The Balaban J connectivity index is 2.08. The monoisotopic (exact) mass is 262 g/mol. The van der Waals surface area contributed by atoms with Crippen LogP contribution in [0.4, 0.5) is 0 Å². The van der Waals surface area contributed by atoms with Gasteiger partial charge in [-0.15, -0.1) is 0 Å². The summed E-state index contributed by atoms with van der Waals surface area (Å²) < 4.78 is 5.42. The maximum absolute atomic E-state index is 6.05. The lowest BCUT2D eigenvalue weighted by Gasteiger charge is -2.40. The van der Waals surface area contributed by atoms with E-state index in [-0.39, 0.29) is 5.54 Å². The van der Waals surface area contributed by atoms with Gasteiger partial charge in [-0.25, -0.2) is 0 Å². The van der Waals surface area contributed by atoms with Crippen LogP contribution < -0.4 is 5.73 Å². The SMILES string of the molecule is CCC(CN)(COC)N1CCC(c2ccccc2)C1. The number of nitrogens with zero attached hydrogens (tertiary/aromatic N) is 1. The van der Waals surface area contributed by atoms with E-state index >= 15 is 0 Å². The molecule has 0 radical (unpaired) electrons. The van der Waals surface area contributed by atoms with E-state index in [1.807, 2.05) is 0 Å². The summed E-state index contributed by atoms with van der Waals surface area (Å²) in [5.74, 6) is 0.635. The van der Waals surface area contributed by atoms with E-state index in [0.717, 1.165) is 26.1 Å². The molecule has 0 aliphatic carbocycles. The third-order valence-corrected chi connectivity index (χ3v) is 4.58. The molecule has 2 unspecified atom stereocenters. The summed E-state index contributed by atoms with van der Waals surface area (Å²) in [5, 5.41) is 0. The number of rotatable bonds is 6. The van der Waals surface area contributed by atoms with Gasteiger partial charge in [0.15, 0.2) is 0 Å². The second-order valence-corrected chi connectivity index (χ2v) is 5.56. The van der Waals surface area contributed by atoms with Crippen molar-refractivity contribution < 1.29 is 4.74 Å². The van der Waals surface area contributed by atoms with Crippen LogP contribution in [0, 0.1) is 0 Å². The van der Waals surface area contributed by atoms with E-state index in [4.69, 9.17) is 10.5 Å². The smallest absolute Gasteiger partial charge is 0.0658 e. The molecule has 1 aromatic rings. The average Bonchev–Trinajstić information content (AvgIpc) is 2.96. The second kappa shape index (κ2) is 6.51. The van der Waals surface area contributed by atoms with Crippen LogP contribution in [0.1, 0.15) is 31.2 Å². The second-order valence-electron chi connectivity index (χ2n) is 5.56. The summed E-state index contributed by atoms with van der Waals surface area (Å²) in [6.07, 6.45) is 2.26. The first-order chi connectivity index (χ1) is 9.25. The van der Waals surface area contributed by atoms with Gasteiger partial charge in [0.05, 0.1) is 12.1 Å². The van der Waals surface area contributed by atoms with Crippen LogP contribution in [0.5, 0.6) is 0 Å². The molecule has 2 atom stereocenters. The summed E-state index contributed by atoms with van der Waals surface area (Å²) in [4.78, 5) is 2.54. The van der Waals surface area contributed by atoms with E-state index < -0.39 is 0 Å². The molecule has 19 heavy (non-hydrogen) atoms. The number of benzene rings is 1. The predicted molar refractivity (Wildman–Crippen MR) is 79.3 cm³/mol. The Labute approximate surface area is 116 Å². The van der Waals surface area contributed by atoms with Gasteiger partial charge in [-0.1, -0.05) is 37.3 Å². The topological polar surface area (TPSA) is 38.5 Å². The summed E-state index contributed by atoms with van der Waals surface area (Å²) in [6.45, 7) is 5.81. The molecule has 1 aliphatic rings. The molecule has 0 spiro atoms. The van der Waals surface area contributed by atoms with Gasteiger partial charge in [0.1, 0.15) is 0 Å². The number of nitrogens with two attached hydrogens (primary N) is 1. The Morgan fingerprint density at radius 2 is 2.11 bits per heavy atom. The first kappa shape index (κ1) is 14.5. The van der Waals surface area contributed by atoms with E-state index in [9.17, 15) is 0 Å². The van der Waals surface area contributed by atoms with Gasteiger partial charge in [-0.2, -0.15) is 0 Å². The third-order valence-electron chi connectivity index (χ3n) is 4.58. The minimum Gasteiger partial charge on any atom is -0.383 e. The first-order valence-corrected chi connectivity index (χ1v) is 7.24. The van der Waals surface area contributed by atoms with Crippen LogP contribution in [-0.4, -0.2) is 43.8 Å². The van der Waals surface area contributed by atoms with Gasteiger partial charge in [0, 0.05) is 20.2 Å². The molecule has 1 fully saturated rings. The Morgan fingerprint density at radius 1 is 1.37 bits per heavy atom. The van der Waals surface area contributed by atoms with Crippen LogP contribution >= 0.6 is 0 Å². The molecule has 2 rings (SSSR count). The van der Waals surface area contributed by atoms with Crippen LogP contribution in [-0.2, 0) is 4.74 Å². The molecule has 0 aromatic heterocycles. The van der Waals surface area contributed by atoms with Crippen LogP contribution in [0.25, 0.3) is 0 Å². The highest BCUT2D eigenvalue weighted by molar-refractivity contribution is 5.21. The molecule has 1 aliphatic heterocycles. The molecule has 0 bridgehead atoms. The quantitative estimate of drug-likeness (QED) is 0.854. The van der Waals surface area contributed by atoms with Crippen molar-refractivity contribution in [3.8, 4) is 0 Å². The van der Waals surface area contributed by atoms with Crippen molar-refractivity contribution in [1.82, 2.24) is 4.90 Å². The van der Waals surface area contributed by atoms with Crippen molar-refractivity contribution in [3.05, 3.63) is 35.9 Å². The molecule has 2 N–H and O–H groups in total. The Kier molecular flexibility index (Phi) is 4.97. The van der Waals surface area contributed by atoms with Crippen molar-refractivity contribution in [2.24, 2.45) is 5.73 Å². The summed E-state index contributed by atoms with van der Waals surface area (Å²) in [7, 11) is 1.77. The van der Waals surface area contributed by atoms with Gasteiger partial charge in [0.2, 0.25) is 0 Å². The average molecular weight is 262 g/mol. The Morgan fingerprint density at radius 3 is 2.68 bits per heavy atom. The number of likely N-dealkylation sites (tertiary alicyclic amines) is 1. The maximum atomic E-state index is 6.05. The van der Waals surface area contributed by atoms with Crippen LogP contribution in [0.2, 0.25) is 0 Å². The van der Waals surface area contributed by atoms with Gasteiger partial charge >= 0.3 is 0 Å². The fourth-order valence-corrected chi connectivity index (χ4v) is 3.21. The van der Waals surface area contributed by atoms with Gasteiger partial charge in [-0.3, -0.25) is 4.90 Å². The van der Waals surface area contributed by atoms with E-state index in [2.05, 4.69) is 42.2 Å². The highest BCUT2D eigenvalue weighted by Gasteiger charge is 2.38. The fraction of sp³-hybridized carbons (Fsp3) is 0.625. The van der Waals surface area contributed by atoms with Crippen LogP contribution in [0.15, 0.2) is 30.3 Å². The van der Waals surface area contributed by atoms with Crippen molar-refractivity contribution in [1.29, 1.82) is 0 Å². The maximum Gasteiger partial charge on any atom is 0.0658 e. The lowest BCUT2D eigenvalue weighted by atomic mass is 9.94. The Hall–Kier alpha value is -0.900. The molecule has 1 saturated heterocycles. The Bertz CT molecular complexity index is 376. The molecule has 1 heterocycles. The molecule has 0 saturated carbocycles. The molecule has 0 amide bonds. The van der Waals surface area contributed by atoms with Crippen molar-refractivity contribution >= 4 is 0 Å². The zero-order valence-corrected chi connectivity index (χ0v) is 12.1. The molecule has 3 heteroatoms. The fourth-order valence-electron chi connectivity index (χ4n) is 3.21. The first-order valence-electron chi connectivity index (χ1n) is 7.24. The minimum absolute atomic E-state index is 0.0122. The predicted octanol–water partition coefficient (Wildman–Crippen LogP) is 2.23. The summed E-state index contributed by atoms with van der Waals surface area (Å²) in [6, 6.07) is 10.8. The summed E-state index contributed by atoms with van der Waals surface area (Å²) >= 11 is 0. The standard InChI is InChI=1S/C16H26N2O/c1-3-16(12-17,13-19-2)18-10-9-15(11-18)14-7-5-4-6-8-14/h4-8,15H,3,9-13,17H2,1-2H3. The van der Waals surface area contributed by atoms with Crippen molar-refractivity contribution in [3.63, 3.8) is 0 Å². The number of hydrogen-bond donors (Lipinski definition) is 1. The van der Waals surface area contributed by atoms with Gasteiger partial charge in [0.25, 0.3) is 0 Å². The molecule has 1 aromatic carbocycles. The van der Waals surface area contributed by atoms with Crippen molar-refractivity contribution in [2.75, 3.05) is 33.4 Å². The number of hydrogen-bond acceptors (Lipinski definition) is 3. The van der Waals surface area contributed by atoms with E-state index in [1.54, 1.807) is 7.11 Å². The largest absolute Gasteiger partial charge is 0.383 e. The van der Waals surface area contributed by atoms with Crippen molar-refractivity contribution in [2.45, 2.75) is 31.2 Å². The number of methoxy groups -OCH3 is 1. The van der Waals surface area contributed by atoms with E-state index in [0.29, 0.717) is 12.5 Å². The lowest BCUT2D eigenvalue weighted by Crippen LogP contribution is -2.55. The summed E-state index contributed by atoms with van der Waals surface area (Å²) in [5.41, 5.74) is 7.51.